The van der Waals surface area contributed by atoms with E-state index in [9.17, 15) is 4.79 Å². The van der Waals surface area contributed by atoms with Gasteiger partial charge in [0.1, 0.15) is 0 Å². The number of benzene rings is 1. The van der Waals surface area contributed by atoms with Gasteiger partial charge in [-0.3, -0.25) is 0 Å². The number of para-hydroxylation sites is 1. The number of aromatic nitrogens is 1. The van der Waals surface area contributed by atoms with Gasteiger partial charge in [0.15, 0.2) is 10.8 Å². The lowest BCUT2D eigenvalue weighted by atomic mass is 10.3. The fourth-order valence-electron chi connectivity index (χ4n) is 1.62. The summed E-state index contributed by atoms with van der Waals surface area (Å²) in [5.41, 5.74) is 1.41. The molecule has 0 amide bonds. The van der Waals surface area contributed by atoms with Crippen molar-refractivity contribution in [2.24, 2.45) is 0 Å². The van der Waals surface area contributed by atoms with Crippen molar-refractivity contribution < 1.29 is 9.53 Å². The maximum Gasteiger partial charge on any atom is 0.357 e. The Balaban J connectivity index is 2.29. The van der Waals surface area contributed by atoms with Crippen LogP contribution in [0.3, 0.4) is 0 Å². The lowest BCUT2D eigenvalue weighted by Crippen LogP contribution is -2.16. The van der Waals surface area contributed by atoms with Gasteiger partial charge in [-0.1, -0.05) is 18.2 Å². The van der Waals surface area contributed by atoms with Crippen molar-refractivity contribution in [2.45, 2.75) is 6.92 Å². The second-order valence-corrected chi connectivity index (χ2v) is 4.42. The first-order chi connectivity index (χ1) is 8.76. The van der Waals surface area contributed by atoms with Crippen LogP contribution in [0.25, 0.3) is 0 Å². The van der Waals surface area contributed by atoms with E-state index in [0.717, 1.165) is 17.4 Å². The molecule has 2 aromatic rings. The highest BCUT2D eigenvalue weighted by molar-refractivity contribution is 7.14. The first kappa shape index (κ1) is 12.6. The highest BCUT2D eigenvalue weighted by Gasteiger charge is 2.15. The third-order valence-corrected chi connectivity index (χ3v) is 3.37. The molecule has 1 heterocycles. The van der Waals surface area contributed by atoms with Gasteiger partial charge < -0.3 is 9.64 Å². The maximum absolute atomic E-state index is 11.4. The predicted octanol–water partition coefficient (Wildman–Crippen LogP) is 3.09. The predicted molar refractivity (Wildman–Crippen MR) is 72.6 cm³/mol. The Hall–Kier alpha value is -1.88. The SMILES string of the molecule is CCN(c1ccccc1)c1nc(C(=O)OC)cs1. The number of ether oxygens (including phenoxy) is 1. The van der Waals surface area contributed by atoms with Crippen molar-refractivity contribution >= 4 is 28.1 Å². The molecule has 0 fully saturated rings. The molecule has 0 radical (unpaired) electrons. The Morgan fingerprint density at radius 2 is 2.11 bits per heavy atom. The molecule has 18 heavy (non-hydrogen) atoms. The summed E-state index contributed by atoms with van der Waals surface area (Å²) in [4.78, 5) is 17.7. The normalized spacial score (nSPS) is 10.1. The van der Waals surface area contributed by atoms with Crippen LogP contribution < -0.4 is 4.90 Å². The summed E-state index contributed by atoms with van der Waals surface area (Å²) >= 11 is 1.43. The molecule has 4 nitrogen and oxygen atoms in total. The molecule has 0 spiro atoms. The number of rotatable bonds is 4. The number of nitrogens with zero attached hydrogens (tertiary/aromatic N) is 2. The van der Waals surface area contributed by atoms with E-state index < -0.39 is 5.97 Å². The monoisotopic (exact) mass is 262 g/mol. The minimum atomic E-state index is -0.401. The van der Waals surface area contributed by atoms with E-state index in [0.29, 0.717) is 5.69 Å². The number of anilines is 2. The van der Waals surface area contributed by atoms with Gasteiger partial charge in [-0.25, -0.2) is 9.78 Å². The van der Waals surface area contributed by atoms with E-state index in [-0.39, 0.29) is 0 Å². The molecule has 1 aromatic carbocycles. The summed E-state index contributed by atoms with van der Waals surface area (Å²) in [5, 5.41) is 2.51. The van der Waals surface area contributed by atoms with Crippen LogP contribution in [0.15, 0.2) is 35.7 Å². The number of carbonyl (C=O) groups excluding carboxylic acids is 1. The third kappa shape index (κ3) is 2.51. The van der Waals surface area contributed by atoms with Crippen molar-refractivity contribution in [2.75, 3.05) is 18.6 Å². The van der Waals surface area contributed by atoms with E-state index >= 15 is 0 Å². The minimum Gasteiger partial charge on any atom is -0.464 e. The van der Waals surface area contributed by atoms with E-state index in [2.05, 4.69) is 14.6 Å². The minimum absolute atomic E-state index is 0.354. The highest BCUT2D eigenvalue weighted by atomic mass is 32.1. The first-order valence-electron chi connectivity index (χ1n) is 5.62. The molecular formula is C13H14N2O2S. The zero-order chi connectivity index (χ0) is 13.0. The fraction of sp³-hybridized carbons (Fsp3) is 0.231. The summed E-state index contributed by atoms with van der Waals surface area (Å²) in [5.74, 6) is -0.401. The zero-order valence-electron chi connectivity index (χ0n) is 10.3. The van der Waals surface area contributed by atoms with Crippen molar-refractivity contribution in [1.82, 2.24) is 4.98 Å². The van der Waals surface area contributed by atoms with Crippen molar-refractivity contribution in [3.63, 3.8) is 0 Å². The standard InChI is InChI=1S/C13H14N2O2S/c1-3-15(10-7-5-4-6-8-10)13-14-11(9-18-13)12(16)17-2/h4-9H,3H2,1-2H3. The Morgan fingerprint density at radius 1 is 1.39 bits per heavy atom. The van der Waals surface area contributed by atoms with Gasteiger partial charge in [0, 0.05) is 17.6 Å². The van der Waals surface area contributed by atoms with Crippen LogP contribution >= 0.6 is 11.3 Å². The number of hydrogen-bond acceptors (Lipinski definition) is 5. The van der Waals surface area contributed by atoms with Crippen LogP contribution in [-0.2, 0) is 4.74 Å². The molecule has 94 valence electrons. The molecule has 5 heteroatoms. The second kappa shape index (κ2) is 5.64. The molecule has 0 saturated carbocycles. The molecule has 0 aliphatic heterocycles. The van der Waals surface area contributed by atoms with Crippen LogP contribution in [0, 0.1) is 0 Å². The van der Waals surface area contributed by atoms with Crippen LogP contribution in [0.2, 0.25) is 0 Å². The van der Waals surface area contributed by atoms with E-state index in [4.69, 9.17) is 0 Å². The van der Waals surface area contributed by atoms with E-state index in [1.807, 2.05) is 37.3 Å². The molecule has 0 aliphatic carbocycles. The molecule has 1 aromatic heterocycles. The van der Waals surface area contributed by atoms with Gasteiger partial charge in [0.25, 0.3) is 0 Å². The van der Waals surface area contributed by atoms with Crippen LogP contribution in [0.4, 0.5) is 10.8 Å². The third-order valence-electron chi connectivity index (χ3n) is 2.50. The van der Waals surface area contributed by atoms with Crippen molar-refractivity contribution in [1.29, 1.82) is 0 Å². The number of thiazole rings is 1. The molecule has 0 saturated heterocycles. The Morgan fingerprint density at radius 3 is 2.72 bits per heavy atom. The van der Waals surface area contributed by atoms with Crippen molar-refractivity contribution in [3.8, 4) is 0 Å². The van der Waals surface area contributed by atoms with Gasteiger partial charge in [-0.15, -0.1) is 11.3 Å². The van der Waals surface area contributed by atoms with E-state index in [1.54, 1.807) is 5.38 Å². The molecule has 0 unspecified atom stereocenters. The average molecular weight is 262 g/mol. The molecule has 2 rings (SSSR count). The molecular weight excluding hydrogens is 248 g/mol. The lowest BCUT2D eigenvalue weighted by molar-refractivity contribution is 0.0595. The average Bonchev–Trinajstić information content (AvgIpc) is 2.89. The van der Waals surface area contributed by atoms with Crippen LogP contribution in [0.1, 0.15) is 17.4 Å². The number of carbonyl (C=O) groups is 1. The lowest BCUT2D eigenvalue weighted by Gasteiger charge is -2.19. The first-order valence-corrected chi connectivity index (χ1v) is 6.50. The Labute approximate surface area is 110 Å². The molecule has 0 bridgehead atoms. The van der Waals surface area contributed by atoms with Crippen molar-refractivity contribution in [3.05, 3.63) is 41.4 Å². The zero-order valence-corrected chi connectivity index (χ0v) is 11.1. The highest BCUT2D eigenvalue weighted by Crippen LogP contribution is 2.28. The fourth-order valence-corrected chi connectivity index (χ4v) is 2.50. The molecule has 0 atom stereocenters. The maximum atomic E-state index is 11.4. The molecule has 0 aliphatic rings. The Bertz CT molecular complexity index is 525. The smallest absolute Gasteiger partial charge is 0.357 e. The number of esters is 1. The van der Waals surface area contributed by atoms with Gasteiger partial charge in [-0.2, -0.15) is 0 Å². The van der Waals surface area contributed by atoms with Gasteiger partial charge in [0.2, 0.25) is 0 Å². The topological polar surface area (TPSA) is 42.4 Å². The van der Waals surface area contributed by atoms with Crippen LogP contribution in [-0.4, -0.2) is 24.6 Å². The van der Waals surface area contributed by atoms with Gasteiger partial charge in [-0.05, 0) is 19.1 Å². The summed E-state index contributed by atoms with van der Waals surface area (Å²) in [6, 6.07) is 9.96. The summed E-state index contributed by atoms with van der Waals surface area (Å²) in [6.07, 6.45) is 0. The van der Waals surface area contributed by atoms with E-state index in [1.165, 1.54) is 18.4 Å². The second-order valence-electron chi connectivity index (χ2n) is 3.59. The van der Waals surface area contributed by atoms with Gasteiger partial charge in [0.05, 0.1) is 7.11 Å². The molecule has 0 N–H and O–H groups in total. The quantitative estimate of drug-likeness (QED) is 0.794. The van der Waals surface area contributed by atoms with Crippen LogP contribution in [0.5, 0.6) is 0 Å². The largest absolute Gasteiger partial charge is 0.464 e. The number of methoxy groups -OCH3 is 1. The Kier molecular flexibility index (Phi) is 3.94. The number of hydrogen-bond donors (Lipinski definition) is 0. The summed E-state index contributed by atoms with van der Waals surface area (Å²) in [6.45, 7) is 2.84. The van der Waals surface area contributed by atoms with Gasteiger partial charge >= 0.3 is 5.97 Å². The summed E-state index contributed by atoms with van der Waals surface area (Å²) in [7, 11) is 1.36. The summed E-state index contributed by atoms with van der Waals surface area (Å²) < 4.78 is 4.66.